The Kier molecular flexibility index (Phi) is 6.20. The minimum absolute atomic E-state index is 0.0164. The summed E-state index contributed by atoms with van der Waals surface area (Å²) in [6.45, 7) is 10.2. The summed E-state index contributed by atoms with van der Waals surface area (Å²) in [6, 6.07) is 13.0. The molecular weight excluding hydrogens is 392 g/mol. The smallest absolute Gasteiger partial charge is 0.278 e. The largest absolute Gasteiger partial charge is 0.493 e. The number of imide groups is 1. The summed E-state index contributed by atoms with van der Waals surface area (Å²) in [5.74, 6) is 0.239. The summed E-state index contributed by atoms with van der Waals surface area (Å²) in [7, 11) is 3.07. The van der Waals surface area contributed by atoms with Crippen LogP contribution < -0.4 is 14.8 Å². The summed E-state index contributed by atoms with van der Waals surface area (Å²) in [4.78, 5) is 27.4. The third kappa shape index (κ3) is 4.33. The van der Waals surface area contributed by atoms with Gasteiger partial charge in [-0.1, -0.05) is 45.0 Å². The average Bonchev–Trinajstić information content (AvgIpc) is 2.97. The molecule has 0 atom stereocenters. The Bertz CT molecular complexity index is 1050. The summed E-state index contributed by atoms with van der Waals surface area (Å²) >= 11 is 0. The van der Waals surface area contributed by atoms with E-state index < -0.39 is 5.91 Å². The molecule has 1 heterocycles. The van der Waals surface area contributed by atoms with Crippen molar-refractivity contribution in [3.63, 3.8) is 0 Å². The van der Waals surface area contributed by atoms with E-state index in [0.29, 0.717) is 17.1 Å². The molecule has 1 aliphatic heterocycles. The molecule has 0 bridgehead atoms. The molecule has 1 N–H and O–H groups in total. The van der Waals surface area contributed by atoms with E-state index in [1.165, 1.54) is 23.6 Å². The van der Waals surface area contributed by atoms with Crippen LogP contribution in [0.5, 0.6) is 11.5 Å². The zero-order chi connectivity index (χ0) is 22.8. The first-order chi connectivity index (χ1) is 14.7. The van der Waals surface area contributed by atoms with Gasteiger partial charge in [-0.2, -0.15) is 0 Å². The first-order valence-corrected chi connectivity index (χ1v) is 10.0. The van der Waals surface area contributed by atoms with Crippen LogP contribution in [-0.4, -0.2) is 37.5 Å². The lowest BCUT2D eigenvalue weighted by atomic mass is 9.87. The van der Waals surface area contributed by atoms with Crippen molar-refractivity contribution in [2.24, 2.45) is 0 Å². The third-order valence-corrected chi connectivity index (χ3v) is 5.17. The number of methoxy groups -OCH3 is 2. The molecule has 2 aromatic carbocycles. The molecule has 0 spiro atoms. The second-order valence-electron chi connectivity index (χ2n) is 8.28. The monoisotopic (exact) mass is 420 g/mol. The molecule has 162 valence electrons. The van der Waals surface area contributed by atoms with Gasteiger partial charge in [-0.25, -0.2) is 0 Å². The highest BCUT2D eigenvalue weighted by atomic mass is 16.5. The Morgan fingerprint density at radius 3 is 2.16 bits per heavy atom. The standard InChI is InChI=1S/C25H28N2O4/c1-7-14-27-23(28)21(16-8-13-19(30-5)20(15-16)31-6)22(24(27)29)26-18-11-9-17(10-12-18)25(2,3)4/h7-13,15,26H,1,14H2,2-6H3. The molecule has 0 aromatic heterocycles. The van der Waals surface area contributed by atoms with Gasteiger partial charge in [0.25, 0.3) is 11.8 Å². The summed E-state index contributed by atoms with van der Waals surface area (Å²) in [6.07, 6.45) is 1.53. The predicted octanol–water partition coefficient (Wildman–Crippen LogP) is 4.38. The molecule has 6 heteroatoms. The van der Waals surface area contributed by atoms with Crippen molar-refractivity contribution in [3.05, 3.63) is 71.9 Å². The highest BCUT2D eigenvalue weighted by molar-refractivity contribution is 6.36. The molecule has 3 rings (SSSR count). The maximum atomic E-state index is 13.1. The van der Waals surface area contributed by atoms with Crippen LogP contribution in [0.15, 0.2) is 60.8 Å². The van der Waals surface area contributed by atoms with E-state index in [1.54, 1.807) is 25.3 Å². The maximum absolute atomic E-state index is 13.1. The fourth-order valence-electron chi connectivity index (χ4n) is 3.44. The molecular formula is C25H28N2O4. The molecule has 2 aromatic rings. The van der Waals surface area contributed by atoms with Gasteiger partial charge in [0, 0.05) is 12.2 Å². The number of nitrogens with zero attached hydrogens (tertiary/aromatic N) is 1. The number of carbonyl (C=O) groups excluding carboxylic acids is 2. The van der Waals surface area contributed by atoms with E-state index in [1.807, 2.05) is 24.3 Å². The van der Waals surface area contributed by atoms with Crippen LogP contribution in [0.3, 0.4) is 0 Å². The highest BCUT2D eigenvalue weighted by Crippen LogP contribution is 2.36. The van der Waals surface area contributed by atoms with Gasteiger partial charge in [-0.15, -0.1) is 6.58 Å². The Labute approximate surface area is 183 Å². The molecule has 1 aliphatic rings. The van der Waals surface area contributed by atoms with Crippen LogP contribution in [0.2, 0.25) is 0 Å². The summed E-state index contributed by atoms with van der Waals surface area (Å²) < 4.78 is 10.7. The molecule has 0 radical (unpaired) electrons. The van der Waals surface area contributed by atoms with Crippen LogP contribution in [0.1, 0.15) is 31.9 Å². The van der Waals surface area contributed by atoms with Crippen molar-refractivity contribution in [1.29, 1.82) is 0 Å². The number of benzene rings is 2. The van der Waals surface area contributed by atoms with E-state index in [2.05, 4.69) is 32.7 Å². The van der Waals surface area contributed by atoms with Crippen LogP contribution in [0.25, 0.3) is 5.57 Å². The number of amides is 2. The van der Waals surface area contributed by atoms with Crippen LogP contribution in [0, 0.1) is 0 Å². The molecule has 0 unspecified atom stereocenters. The number of carbonyl (C=O) groups is 2. The minimum Gasteiger partial charge on any atom is -0.493 e. The van der Waals surface area contributed by atoms with Gasteiger partial charge in [0.2, 0.25) is 0 Å². The maximum Gasteiger partial charge on any atom is 0.278 e. The summed E-state index contributed by atoms with van der Waals surface area (Å²) in [5, 5.41) is 3.16. The Morgan fingerprint density at radius 1 is 0.968 bits per heavy atom. The number of nitrogens with one attached hydrogen (secondary N) is 1. The van der Waals surface area contributed by atoms with Crippen molar-refractivity contribution in [2.75, 3.05) is 26.1 Å². The lowest BCUT2D eigenvalue weighted by molar-refractivity contribution is -0.136. The van der Waals surface area contributed by atoms with Crippen LogP contribution in [0.4, 0.5) is 5.69 Å². The van der Waals surface area contributed by atoms with Crippen LogP contribution >= 0.6 is 0 Å². The van der Waals surface area contributed by atoms with E-state index in [0.717, 1.165) is 5.69 Å². The molecule has 6 nitrogen and oxygen atoms in total. The summed E-state index contributed by atoms with van der Waals surface area (Å²) in [5.41, 5.74) is 2.99. The first-order valence-electron chi connectivity index (χ1n) is 10.0. The Hall–Kier alpha value is -3.54. The topological polar surface area (TPSA) is 67.9 Å². The number of hydrogen-bond donors (Lipinski definition) is 1. The van der Waals surface area contributed by atoms with Gasteiger partial charge in [-0.3, -0.25) is 14.5 Å². The highest BCUT2D eigenvalue weighted by Gasteiger charge is 2.38. The number of anilines is 1. The quantitative estimate of drug-likeness (QED) is 0.532. The number of rotatable bonds is 7. The molecule has 0 fully saturated rings. The molecule has 2 amide bonds. The van der Waals surface area contributed by atoms with E-state index in [-0.39, 0.29) is 29.1 Å². The SMILES string of the molecule is C=CCN1C(=O)C(Nc2ccc(C(C)(C)C)cc2)=C(c2ccc(OC)c(OC)c2)C1=O. The van der Waals surface area contributed by atoms with Gasteiger partial charge < -0.3 is 14.8 Å². The van der Waals surface area contributed by atoms with E-state index in [9.17, 15) is 9.59 Å². The van der Waals surface area contributed by atoms with Crippen LogP contribution in [-0.2, 0) is 15.0 Å². The van der Waals surface area contributed by atoms with Gasteiger partial charge >= 0.3 is 0 Å². The normalized spacial score (nSPS) is 14.2. The Morgan fingerprint density at radius 2 is 1.61 bits per heavy atom. The Balaban J connectivity index is 2.07. The van der Waals surface area contributed by atoms with Crippen molar-refractivity contribution in [1.82, 2.24) is 4.90 Å². The second kappa shape index (κ2) is 8.68. The predicted molar refractivity (Wildman–Crippen MR) is 122 cm³/mol. The van der Waals surface area contributed by atoms with Gasteiger partial charge in [0.05, 0.1) is 19.8 Å². The van der Waals surface area contributed by atoms with E-state index in [4.69, 9.17) is 9.47 Å². The van der Waals surface area contributed by atoms with Crippen molar-refractivity contribution in [3.8, 4) is 11.5 Å². The number of ether oxygens (including phenoxy) is 2. The van der Waals surface area contributed by atoms with Gasteiger partial charge in [-0.05, 0) is 40.8 Å². The lowest BCUT2D eigenvalue weighted by Crippen LogP contribution is -2.32. The number of hydrogen-bond acceptors (Lipinski definition) is 5. The zero-order valence-electron chi connectivity index (χ0n) is 18.6. The minimum atomic E-state index is -0.394. The molecule has 0 aliphatic carbocycles. The van der Waals surface area contributed by atoms with Crippen molar-refractivity contribution < 1.29 is 19.1 Å². The molecule has 31 heavy (non-hydrogen) atoms. The molecule has 0 saturated carbocycles. The molecule has 0 saturated heterocycles. The fraction of sp³-hybridized carbons (Fsp3) is 0.280. The van der Waals surface area contributed by atoms with Gasteiger partial charge in [0.1, 0.15) is 5.70 Å². The zero-order valence-corrected chi connectivity index (χ0v) is 18.6. The second-order valence-corrected chi connectivity index (χ2v) is 8.28. The van der Waals surface area contributed by atoms with Gasteiger partial charge in [0.15, 0.2) is 11.5 Å². The first kappa shape index (κ1) is 22.2. The third-order valence-electron chi connectivity index (χ3n) is 5.17. The van der Waals surface area contributed by atoms with E-state index >= 15 is 0 Å². The van der Waals surface area contributed by atoms with Crippen molar-refractivity contribution in [2.45, 2.75) is 26.2 Å². The van der Waals surface area contributed by atoms with Crippen molar-refractivity contribution >= 4 is 23.1 Å². The lowest BCUT2D eigenvalue weighted by Gasteiger charge is -2.19. The fourth-order valence-corrected chi connectivity index (χ4v) is 3.44. The average molecular weight is 421 g/mol.